The lowest BCUT2D eigenvalue weighted by Gasteiger charge is -2.25. The van der Waals surface area contributed by atoms with E-state index in [1.54, 1.807) is 31.2 Å². The molecule has 0 saturated carbocycles. The van der Waals surface area contributed by atoms with Gasteiger partial charge in [0.05, 0.1) is 0 Å². The molecule has 0 aromatic heterocycles. The van der Waals surface area contributed by atoms with E-state index in [1.165, 1.54) is 0 Å². The van der Waals surface area contributed by atoms with Gasteiger partial charge in [-0.1, -0.05) is 37.3 Å². The second-order valence-corrected chi connectivity index (χ2v) is 4.63. The maximum absolute atomic E-state index is 12.5. The van der Waals surface area contributed by atoms with Crippen molar-refractivity contribution in [3.05, 3.63) is 35.9 Å². The van der Waals surface area contributed by atoms with E-state index in [0.717, 1.165) is 0 Å². The number of hydrogen-bond donors (Lipinski definition) is 2. The van der Waals surface area contributed by atoms with E-state index in [2.05, 4.69) is 10.7 Å². The quantitative estimate of drug-likeness (QED) is 0.645. The number of carbonyl (C=O) groups is 3. The molecule has 1 fully saturated rings. The summed E-state index contributed by atoms with van der Waals surface area (Å²) in [5, 5.41) is 3.32. The number of hydrazine groups is 1. The second kappa shape index (κ2) is 5.50. The van der Waals surface area contributed by atoms with Crippen molar-refractivity contribution >= 4 is 29.4 Å². The Morgan fingerprint density at radius 2 is 2.00 bits per heavy atom. The Bertz CT molecular complexity index is 549. The fraction of sp³-hybridized carbons (Fsp3) is 0.308. The zero-order chi connectivity index (χ0) is 14.8. The maximum Gasteiger partial charge on any atom is 0.344 e. The number of urea groups is 1. The van der Waals surface area contributed by atoms with Crippen LogP contribution >= 0.6 is 11.6 Å². The monoisotopic (exact) mass is 295 g/mol. The van der Waals surface area contributed by atoms with Crippen molar-refractivity contribution in [2.24, 2.45) is 0 Å². The Morgan fingerprint density at radius 3 is 2.55 bits per heavy atom. The first-order valence-electron chi connectivity index (χ1n) is 6.13. The molecule has 0 bridgehead atoms. The highest BCUT2D eigenvalue weighted by Gasteiger charge is 2.52. The average Bonchev–Trinajstić information content (AvgIpc) is 2.73. The van der Waals surface area contributed by atoms with Crippen molar-refractivity contribution < 1.29 is 14.4 Å². The summed E-state index contributed by atoms with van der Waals surface area (Å²) < 4.78 is 0. The number of nitrogens with zero attached hydrogens (tertiary/aromatic N) is 1. The summed E-state index contributed by atoms with van der Waals surface area (Å²) in [6.07, 6.45) is 0.370. The zero-order valence-electron chi connectivity index (χ0n) is 10.9. The zero-order valence-corrected chi connectivity index (χ0v) is 11.6. The van der Waals surface area contributed by atoms with E-state index in [9.17, 15) is 14.4 Å². The van der Waals surface area contributed by atoms with Crippen LogP contribution in [0.15, 0.2) is 30.3 Å². The summed E-state index contributed by atoms with van der Waals surface area (Å²) in [6, 6.07) is 8.24. The van der Waals surface area contributed by atoms with Crippen LogP contribution in [0.25, 0.3) is 0 Å². The fourth-order valence-corrected chi connectivity index (χ4v) is 2.25. The molecule has 4 amide bonds. The molecule has 7 heteroatoms. The summed E-state index contributed by atoms with van der Waals surface area (Å²) in [7, 11) is 0. The second-order valence-electron chi connectivity index (χ2n) is 4.36. The van der Waals surface area contributed by atoms with Gasteiger partial charge in [0, 0.05) is 0 Å². The summed E-state index contributed by atoms with van der Waals surface area (Å²) in [5.74, 6) is -1.47. The molecule has 0 unspecified atom stereocenters. The van der Waals surface area contributed by atoms with E-state index >= 15 is 0 Å². The average molecular weight is 296 g/mol. The lowest BCUT2D eigenvalue weighted by atomic mass is 9.87. The van der Waals surface area contributed by atoms with Gasteiger partial charge in [0.25, 0.3) is 11.8 Å². The molecule has 1 aromatic rings. The summed E-state index contributed by atoms with van der Waals surface area (Å²) in [6.45, 7) is 1.79. The Morgan fingerprint density at radius 1 is 1.35 bits per heavy atom. The Kier molecular flexibility index (Phi) is 3.94. The van der Waals surface area contributed by atoms with E-state index < -0.39 is 23.4 Å². The van der Waals surface area contributed by atoms with E-state index in [4.69, 9.17) is 11.6 Å². The summed E-state index contributed by atoms with van der Waals surface area (Å²) >= 11 is 5.37. The van der Waals surface area contributed by atoms with Crippen LogP contribution in [0.2, 0.25) is 0 Å². The number of rotatable bonds is 4. The predicted molar refractivity (Wildman–Crippen MR) is 72.7 cm³/mol. The molecular weight excluding hydrogens is 282 g/mol. The third-order valence-electron chi connectivity index (χ3n) is 3.25. The first-order valence-corrected chi connectivity index (χ1v) is 6.66. The van der Waals surface area contributed by atoms with Crippen LogP contribution in [-0.2, 0) is 15.1 Å². The third-order valence-corrected chi connectivity index (χ3v) is 3.49. The van der Waals surface area contributed by atoms with E-state index in [-0.39, 0.29) is 5.88 Å². The van der Waals surface area contributed by atoms with Gasteiger partial charge in [0.2, 0.25) is 0 Å². The van der Waals surface area contributed by atoms with Gasteiger partial charge >= 0.3 is 6.03 Å². The highest BCUT2D eigenvalue weighted by atomic mass is 35.5. The molecule has 2 rings (SSSR count). The Balaban J connectivity index is 2.36. The van der Waals surface area contributed by atoms with Crippen molar-refractivity contribution in [2.45, 2.75) is 18.9 Å². The van der Waals surface area contributed by atoms with Crippen molar-refractivity contribution in [1.29, 1.82) is 0 Å². The lowest BCUT2D eigenvalue weighted by Crippen LogP contribution is -2.48. The smallest absolute Gasteiger partial charge is 0.318 e. The molecule has 1 atom stereocenters. The standard InChI is InChI=1S/C13H14ClN3O3/c1-2-13(9-6-4-3-5-7-9)11(19)17(12(20)15-13)16-10(18)8-14/h3-7H,2,8H2,1H3,(H,15,20)(H,16,18)/t13-/m0/s1. The van der Waals surface area contributed by atoms with Crippen LogP contribution in [-0.4, -0.2) is 28.7 Å². The van der Waals surface area contributed by atoms with Crippen LogP contribution in [0, 0.1) is 0 Å². The number of alkyl halides is 1. The molecule has 1 aliphatic heterocycles. The molecular formula is C13H14ClN3O3. The SMILES string of the molecule is CC[C@@]1(c2ccccc2)NC(=O)N(NC(=O)CCl)C1=O. The molecule has 1 aromatic carbocycles. The van der Waals surface area contributed by atoms with Gasteiger partial charge in [0.15, 0.2) is 0 Å². The molecule has 1 heterocycles. The highest BCUT2D eigenvalue weighted by Crippen LogP contribution is 2.31. The number of hydrogen-bond acceptors (Lipinski definition) is 3. The molecule has 106 valence electrons. The number of nitrogens with one attached hydrogen (secondary N) is 2. The molecule has 1 saturated heterocycles. The molecule has 1 aliphatic rings. The van der Waals surface area contributed by atoms with Gasteiger partial charge < -0.3 is 5.32 Å². The molecule has 2 N–H and O–H groups in total. The first kappa shape index (κ1) is 14.3. The molecule has 0 radical (unpaired) electrons. The fourth-order valence-electron chi connectivity index (χ4n) is 2.19. The normalized spacial score (nSPS) is 21.8. The third kappa shape index (κ3) is 2.22. The molecule has 0 aliphatic carbocycles. The van der Waals surface area contributed by atoms with Gasteiger partial charge in [0.1, 0.15) is 11.4 Å². The predicted octanol–water partition coefficient (Wildman–Crippen LogP) is 1.11. The summed E-state index contributed by atoms with van der Waals surface area (Å²) in [4.78, 5) is 35.7. The topological polar surface area (TPSA) is 78.5 Å². The van der Waals surface area contributed by atoms with Gasteiger partial charge in [-0.2, -0.15) is 5.01 Å². The van der Waals surface area contributed by atoms with Crippen LogP contribution < -0.4 is 10.7 Å². The van der Waals surface area contributed by atoms with Crippen LogP contribution in [0.5, 0.6) is 0 Å². The van der Waals surface area contributed by atoms with Gasteiger partial charge in [-0.05, 0) is 12.0 Å². The maximum atomic E-state index is 12.5. The number of halogens is 1. The van der Waals surface area contributed by atoms with Crippen molar-refractivity contribution in [2.75, 3.05) is 5.88 Å². The Labute approximate surface area is 121 Å². The lowest BCUT2D eigenvalue weighted by molar-refractivity contribution is -0.138. The first-order chi connectivity index (χ1) is 9.55. The van der Waals surface area contributed by atoms with Crippen molar-refractivity contribution in [1.82, 2.24) is 15.8 Å². The molecule has 6 nitrogen and oxygen atoms in total. The molecule has 0 spiro atoms. The minimum Gasteiger partial charge on any atom is -0.318 e. The number of amides is 4. The van der Waals surface area contributed by atoms with Crippen molar-refractivity contribution in [3.8, 4) is 0 Å². The summed E-state index contributed by atoms with van der Waals surface area (Å²) in [5.41, 5.74) is 1.70. The molecule has 20 heavy (non-hydrogen) atoms. The largest absolute Gasteiger partial charge is 0.344 e. The number of imide groups is 1. The van der Waals surface area contributed by atoms with Crippen LogP contribution in [0.3, 0.4) is 0 Å². The van der Waals surface area contributed by atoms with E-state index in [1.807, 2.05) is 6.07 Å². The van der Waals surface area contributed by atoms with Gasteiger partial charge in [-0.15, -0.1) is 11.6 Å². The van der Waals surface area contributed by atoms with Crippen LogP contribution in [0.1, 0.15) is 18.9 Å². The Hall–Kier alpha value is -2.08. The number of benzene rings is 1. The minimum absolute atomic E-state index is 0.332. The van der Waals surface area contributed by atoms with E-state index in [0.29, 0.717) is 17.0 Å². The minimum atomic E-state index is -1.15. The van der Waals surface area contributed by atoms with Crippen molar-refractivity contribution in [3.63, 3.8) is 0 Å². The van der Waals surface area contributed by atoms with Crippen LogP contribution in [0.4, 0.5) is 4.79 Å². The van der Waals surface area contributed by atoms with Gasteiger partial charge in [-0.3, -0.25) is 15.0 Å². The number of carbonyl (C=O) groups excluding carboxylic acids is 3. The van der Waals surface area contributed by atoms with Gasteiger partial charge in [-0.25, -0.2) is 4.79 Å². The highest BCUT2D eigenvalue weighted by molar-refractivity contribution is 6.27.